The number of hydrogen-bond donors (Lipinski definition) is 0. The first-order valence-corrected chi connectivity index (χ1v) is 21.0. The maximum Gasteiger partial charge on any atom is 0.166 e. The highest BCUT2D eigenvalue weighted by Gasteiger charge is 2.21. The molecule has 0 atom stereocenters. The minimum Gasteiger partial charge on any atom is -0.308 e. The minimum absolute atomic E-state index is 0.610. The predicted octanol–water partition coefficient (Wildman–Crippen LogP) is 14.8. The highest BCUT2D eigenvalue weighted by molar-refractivity contribution is 7.25. The molecule has 5 heteroatoms. The van der Waals surface area contributed by atoms with Crippen LogP contribution in [0.15, 0.2) is 206 Å². The van der Waals surface area contributed by atoms with E-state index < -0.39 is 0 Å². The Morgan fingerprint density at radius 2 is 0.800 bits per heavy atom. The van der Waals surface area contributed by atoms with Crippen molar-refractivity contribution in [1.82, 2.24) is 19.5 Å². The van der Waals surface area contributed by atoms with Gasteiger partial charge in [0.05, 0.1) is 16.7 Å². The summed E-state index contributed by atoms with van der Waals surface area (Å²) in [5.74, 6) is 1.86. The topological polar surface area (TPSA) is 43.6 Å². The maximum absolute atomic E-state index is 5.42. The quantitative estimate of drug-likeness (QED) is 0.169. The molecule has 3 aromatic heterocycles. The van der Waals surface area contributed by atoms with Crippen molar-refractivity contribution in [3.8, 4) is 62.1 Å². The summed E-state index contributed by atoms with van der Waals surface area (Å²) < 4.78 is 4.96. The van der Waals surface area contributed by atoms with Crippen LogP contribution in [0, 0.1) is 0 Å². The van der Waals surface area contributed by atoms with Gasteiger partial charge in [0.2, 0.25) is 0 Å². The van der Waals surface area contributed by atoms with E-state index in [0.29, 0.717) is 17.5 Å². The van der Waals surface area contributed by atoms with Crippen molar-refractivity contribution >= 4 is 64.1 Å². The van der Waals surface area contributed by atoms with Gasteiger partial charge in [-0.3, -0.25) is 0 Å². The summed E-state index contributed by atoms with van der Waals surface area (Å²) in [5.41, 5.74) is 10.7. The first-order valence-electron chi connectivity index (χ1n) is 20.2. The molecule has 0 spiro atoms. The molecule has 0 saturated carbocycles. The van der Waals surface area contributed by atoms with Crippen LogP contribution in [-0.4, -0.2) is 19.5 Å². The fraction of sp³-hybridized carbons (Fsp3) is 0. The minimum atomic E-state index is 0.610. The van der Waals surface area contributed by atoms with Crippen LogP contribution >= 0.6 is 11.3 Å². The lowest BCUT2D eigenvalue weighted by Gasteiger charge is -2.17. The van der Waals surface area contributed by atoms with Gasteiger partial charge in [-0.2, -0.15) is 0 Å². The number of aromatic nitrogens is 4. The molecule has 0 unspecified atom stereocenters. The van der Waals surface area contributed by atoms with E-state index in [1.165, 1.54) is 42.1 Å². The third-order valence-corrected chi connectivity index (χ3v) is 12.8. The number of nitrogens with zero attached hydrogens (tertiary/aromatic N) is 4. The van der Waals surface area contributed by atoms with Gasteiger partial charge in [-0.05, 0) is 75.5 Å². The molecule has 12 rings (SSSR count). The Hall–Kier alpha value is -7.73. The molecule has 0 aliphatic carbocycles. The molecule has 0 aliphatic rings. The molecular weight excluding hydrogens is 749 g/mol. The van der Waals surface area contributed by atoms with E-state index in [0.717, 1.165) is 55.3 Å². The third kappa shape index (κ3) is 5.63. The van der Waals surface area contributed by atoms with Gasteiger partial charge < -0.3 is 4.57 Å². The Labute approximate surface area is 350 Å². The standard InChI is InChI=1S/C55H34N4S/c1-3-15-35(16-4-1)37-27-30-47(50(33-37)59-48-24-12-9-21-42(48)43-22-10-13-25-49(43)59)55-57-53(36-17-5-2-6-18-36)56-54(58-55)46-32-31-39(40-19-7-8-20-41(40)46)38-28-29-45-44-23-11-14-26-51(44)60-52(45)34-38/h1-34H. The largest absolute Gasteiger partial charge is 0.308 e. The number of thiophene rings is 1. The average molecular weight is 783 g/mol. The molecule has 3 heterocycles. The van der Waals surface area contributed by atoms with Crippen molar-refractivity contribution in [2.24, 2.45) is 0 Å². The van der Waals surface area contributed by atoms with Gasteiger partial charge >= 0.3 is 0 Å². The molecule has 0 N–H and O–H groups in total. The van der Waals surface area contributed by atoms with Gasteiger partial charge in [-0.25, -0.2) is 15.0 Å². The van der Waals surface area contributed by atoms with Crippen LogP contribution in [0.4, 0.5) is 0 Å². The number of para-hydroxylation sites is 2. The van der Waals surface area contributed by atoms with Crippen molar-refractivity contribution in [2.75, 3.05) is 0 Å². The van der Waals surface area contributed by atoms with Gasteiger partial charge in [0.15, 0.2) is 17.5 Å². The average Bonchev–Trinajstić information content (AvgIpc) is 3.87. The molecule has 0 bridgehead atoms. The van der Waals surface area contributed by atoms with E-state index in [1.54, 1.807) is 0 Å². The molecule has 60 heavy (non-hydrogen) atoms. The monoisotopic (exact) mass is 782 g/mol. The Bertz CT molecular complexity index is 3550. The molecule has 0 aliphatic heterocycles. The second-order valence-electron chi connectivity index (χ2n) is 15.2. The zero-order valence-electron chi connectivity index (χ0n) is 32.3. The lowest BCUT2D eigenvalue weighted by molar-refractivity contribution is 1.07. The number of fused-ring (bicyclic) bond motifs is 7. The van der Waals surface area contributed by atoms with Crippen LogP contribution in [0.3, 0.4) is 0 Å². The first kappa shape index (κ1) is 34.3. The van der Waals surface area contributed by atoms with Crippen molar-refractivity contribution < 1.29 is 0 Å². The third-order valence-electron chi connectivity index (χ3n) is 11.7. The zero-order valence-corrected chi connectivity index (χ0v) is 33.1. The normalized spacial score (nSPS) is 11.7. The van der Waals surface area contributed by atoms with Crippen molar-refractivity contribution in [3.63, 3.8) is 0 Å². The zero-order chi connectivity index (χ0) is 39.6. The summed E-state index contributed by atoms with van der Waals surface area (Å²) >= 11 is 1.85. The molecule has 12 aromatic rings. The van der Waals surface area contributed by atoms with Crippen LogP contribution < -0.4 is 0 Å². The van der Waals surface area contributed by atoms with E-state index in [-0.39, 0.29) is 0 Å². The Morgan fingerprint density at radius 3 is 1.52 bits per heavy atom. The first-order chi connectivity index (χ1) is 29.7. The highest BCUT2D eigenvalue weighted by Crippen LogP contribution is 2.42. The SMILES string of the molecule is c1ccc(-c2ccc(-c3nc(-c4ccccc4)nc(-c4ccc(-c5ccc6c(c5)sc5ccccc56)c5ccccc45)n3)c(-n3c4ccccc4c4ccccc43)c2)cc1. The van der Waals surface area contributed by atoms with Gasteiger partial charge in [0.25, 0.3) is 0 Å². The molecule has 0 radical (unpaired) electrons. The van der Waals surface area contributed by atoms with Gasteiger partial charge in [0.1, 0.15) is 0 Å². The highest BCUT2D eigenvalue weighted by atomic mass is 32.1. The molecule has 0 saturated heterocycles. The van der Waals surface area contributed by atoms with Crippen molar-refractivity contribution in [3.05, 3.63) is 206 Å². The molecule has 280 valence electrons. The predicted molar refractivity (Wildman–Crippen MR) is 252 cm³/mol. The van der Waals surface area contributed by atoms with Crippen LogP contribution in [0.5, 0.6) is 0 Å². The fourth-order valence-corrected chi connectivity index (χ4v) is 10.0. The van der Waals surface area contributed by atoms with Crippen LogP contribution in [-0.2, 0) is 0 Å². The lowest BCUT2D eigenvalue weighted by atomic mass is 9.94. The van der Waals surface area contributed by atoms with E-state index in [4.69, 9.17) is 15.0 Å². The Balaban J connectivity index is 1.09. The van der Waals surface area contributed by atoms with Gasteiger partial charge in [-0.1, -0.05) is 164 Å². The van der Waals surface area contributed by atoms with Crippen LogP contribution in [0.25, 0.3) is 115 Å². The molecule has 0 amide bonds. The van der Waals surface area contributed by atoms with Crippen LogP contribution in [0.2, 0.25) is 0 Å². The smallest absolute Gasteiger partial charge is 0.166 e. The second kappa shape index (κ2) is 14.0. The summed E-state index contributed by atoms with van der Waals surface area (Å²) in [5, 5.41) is 7.23. The number of hydrogen-bond acceptors (Lipinski definition) is 4. The van der Waals surface area contributed by atoms with E-state index in [9.17, 15) is 0 Å². The van der Waals surface area contributed by atoms with E-state index in [2.05, 4.69) is 193 Å². The number of benzene rings is 9. The second-order valence-corrected chi connectivity index (χ2v) is 16.2. The Morgan fingerprint density at radius 1 is 0.300 bits per heavy atom. The fourth-order valence-electron chi connectivity index (χ4n) is 8.87. The molecule has 0 fully saturated rings. The molecular formula is C55H34N4S. The van der Waals surface area contributed by atoms with Crippen LogP contribution in [0.1, 0.15) is 0 Å². The van der Waals surface area contributed by atoms with E-state index >= 15 is 0 Å². The van der Waals surface area contributed by atoms with Gasteiger partial charge in [0, 0.05) is 47.6 Å². The summed E-state index contributed by atoms with van der Waals surface area (Å²) in [6.07, 6.45) is 0. The summed E-state index contributed by atoms with van der Waals surface area (Å²) in [7, 11) is 0. The summed E-state index contributed by atoms with van der Waals surface area (Å²) in [4.78, 5) is 16.0. The van der Waals surface area contributed by atoms with Crippen molar-refractivity contribution in [1.29, 1.82) is 0 Å². The summed E-state index contributed by atoms with van der Waals surface area (Å²) in [6, 6.07) is 73.3. The summed E-state index contributed by atoms with van der Waals surface area (Å²) in [6.45, 7) is 0. The molecule has 9 aromatic carbocycles. The van der Waals surface area contributed by atoms with Gasteiger partial charge in [-0.15, -0.1) is 11.3 Å². The number of rotatable bonds is 6. The van der Waals surface area contributed by atoms with E-state index in [1.807, 2.05) is 29.5 Å². The molecule has 4 nitrogen and oxygen atoms in total. The van der Waals surface area contributed by atoms with Crippen molar-refractivity contribution in [2.45, 2.75) is 0 Å². The lowest BCUT2D eigenvalue weighted by Crippen LogP contribution is -2.04. The Kier molecular flexibility index (Phi) is 8.00. The maximum atomic E-state index is 5.42.